The first-order chi connectivity index (χ1) is 8.57. The fourth-order valence-electron chi connectivity index (χ4n) is 2.38. The van der Waals surface area contributed by atoms with Crippen molar-refractivity contribution in [1.82, 2.24) is 4.98 Å². The van der Waals surface area contributed by atoms with Crippen LogP contribution in [-0.2, 0) is 9.84 Å². The molecule has 1 saturated carbocycles. The van der Waals surface area contributed by atoms with Crippen molar-refractivity contribution < 1.29 is 12.8 Å². The van der Waals surface area contributed by atoms with Gasteiger partial charge in [0, 0.05) is 11.8 Å². The number of benzene rings is 1. The number of hydrogen-bond donors (Lipinski definition) is 1. The Hall–Kier alpha value is -1.56. The summed E-state index contributed by atoms with van der Waals surface area (Å²) < 4.78 is 30.0. The molecule has 3 rings (SSSR count). The molecule has 6 heteroatoms. The number of sulfone groups is 1. The van der Waals surface area contributed by atoms with Crippen molar-refractivity contribution in [1.29, 1.82) is 0 Å². The Bertz CT molecular complexity index is 684. The zero-order valence-electron chi connectivity index (χ0n) is 9.80. The third-order valence-electron chi connectivity index (χ3n) is 3.38. The van der Waals surface area contributed by atoms with Gasteiger partial charge in [0.15, 0.2) is 5.58 Å². The molecule has 1 aromatic carbocycles. The number of nitrogen functional groups attached to an aromatic ring is 1. The molecule has 1 fully saturated rings. The van der Waals surface area contributed by atoms with E-state index in [9.17, 15) is 8.42 Å². The minimum Gasteiger partial charge on any atom is -0.428 e. The van der Waals surface area contributed by atoms with E-state index >= 15 is 0 Å². The van der Waals surface area contributed by atoms with Crippen LogP contribution in [0.1, 0.15) is 25.7 Å². The molecule has 0 amide bonds. The van der Waals surface area contributed by atoms with Crippen LogP contribution in [0.4, 0.5) is 5.69 Å². The van der Waals surface area contributed by atoms with Crippen LogP contribution in [0.5, 0.6) is 0 Å². The number of nitrogens with zero attached hydrogens (tertiary/aromatic N) is 1. The van der Waals surface area contributed by atoms with Gasteiger partial charge in [-0.05, 0) is 25.0 Å². The van der Waals surface area contributed by atoms with Gasteiger partial charge < -0.3 is 10.2 Å². The number of nitrogens with two attached hydrogens (primary N) is 1. The predicted octanol–water partition coefficient (Wildman–Crippen LogP) is 2.13. The molecule has 0 saturated heterocycles. The number of aromatic nitrogens is 1. The second kappa shape index (κ2) is 3.98. The maximum atomic E-state index is 12.3. The van der Waals surface area contributed by atoms with Crippen LogP contribution >= 0.6 is 0 Å². The van der Waals surface area contributed by atoms with Crippen molar-refractivity contribution in [2.24, 2.45) is 0 Å². The molecule has 2 N–H and O–H groups in total. The van der Waals surface area contributed by atoms with Crippen LogP contribution in [0.15, 0.2) is 27.8 Å². The van der Waals surface area contributed by atoms with E-state index in [4.69, 9.17) is 10.2 Å². The molecular weight excluding hydrogens is 252 g/mol. The molecule has 96 valence electrons. The minimum atomic E-state index is -3.43. The summed E-state index contributed by atoms with van der Waals surface area (Å²) in [6, 6.07) is 4.94. The summed E-state index contributed by atoms with van der Waals surface area (Å²) in [5.74, 6) is 0. The molecule has 0 atom stereocenters. The Morgan fingerprint density at radius 3 is 2.72 bits per heavy atom. The summed E-state index contributed by atoms with van der Waals surface area (Å²) in [5.41, 5.74) is 7.11. The lowest BCUT2D eigenvalue weighted by molar-refractivity contribution is 0.453. The number of anilines is 1. The minimum absolute atomic E-state index is 0.171. The average Bonchev–Trinajstić information content (AvgIpc) is 2.97. The normalized spacial score (nSPS) is 17.6. The van der Waals surface area contributed by atoms with Crippen LogP contribution in [0.2, 0.25) is 0 Å². The summed E-state index contributed by atoms with van der Waals surface area (Å²) in [7, 11) is -3.43. The highest BCUT2D eigenvalue weighted by Gasteiger charge is 2.34. The van der Waals surface area contributed by atoms with E-state index < -0.39 is 9.84 Å². The van der Waals surface area contributed by atoms with E-state index in [1.807, 2.05) is 0 Å². The Kier molecular flexibility index (Phi) is 2.55. The Morgan fingerprint density at radius 1 is 1.28 bits per heavy atom. The lowest BCUT2D eigenvalue weighted by Gasteiger charge is -2.05. The van der Waals surface area contributed by atoms with Gasteiger partial charge in [0.1, 0.15) is 5.52 Å². The van der Waals surface area contributed by atoms with Crippen molar-refractivity contribution in [2.45, 2.75) is 36.2 Å². The highest BCUT2D eigenvalue weighted by Crippen LogP contribution is 2.31. The number of oxazole rings is 1. The maximum absolute atomic E-state index is 12.3. The molecule has 1 aliphatic carbocycles. The Morgan fingerprint density at radius 2 is 2.00 bits per heavy atom. The molecule has 1 aliphatic rings. The number of fused-ring (bicyclic) bond motifs is 1. The standard InChI is InChI=1S/C12H14N2O3S/c13-8-5-6-10-11(7-8)17-12(14-10)18(15,16)9-3-1-2-4-9/h5-7,9H,1-4,13H2. The summed E-state index contributed by atoms with van der Waals surface area (Å²) in [4.78, 5) is 4.06. The molecule has 5 nitrogen and oxygen atoms in total. The second-order valence-corrected chi connectivity index (χ2v) is 6.76. The molecule has 18 heavy (non-hydrogen) atoms. The topological polar surface area (TPSA) is 86.2 Å². The van der Waals surface area contributed by atoms with Gasteiger partial charge in [-0.25, -0.2) is 8.42 Å². The molecule has 0 radical (unpaired) electrons. The fraction of sp³-hybridized carbons (Fsp3) is 0.417. The van der Waals surface area contributed by atoms with Crippen molar-refractivity contribution in [3.05, 3.63) is 18.2 Å². The van der Waals surface area contributed by atoms with E-state index in [-0.39, 0.29) is 10.5 Å². The average molecular weight is 266 g/mol. The van der Waals surface area contributed by atoms with Gasteiger partial charge in [-0.1, -0.05) is 12.8 Å². The van der Waals surface area contributed by atoms with E-state index in [0.29, 0.717) is 29.6 Å². The van der Waals surface area contributed by atoms with Gasteiger partial charge in [0.25, 0.3) is 0 Å². The Labute approximate surface area is 105 Å². The molecule has 0 unspecified atom stereocenters. The summed E-state index contributed by atoms with van der Waals surface area (Å²) >= 11 is 0. The van der Waals surface area contributed by atoms with Crippen molar-refractivity contribution in [3.8, 4) is 0 Å². The fourth-order valence-corrected chi connectivity index (χ4v) is 4.05. The Balaban J connectivity index is 2.08. The third-order valence-corrected chi connectivity index (χ3v) is 5.39. The van der Waals surface area contributed by atoms with Crippen LogP contribution in [-0.4, -0.2) is 18.7 Å². The summed E-state index contributed by atoms with van der Waals surface area (Å²) in [6.45, 7) is 0. The van der Waals surface area contributed by atoms with Gasteiger partial charge in [0.05, 0.1) is 5.25 Å². The van der Waals surface area contributed by atoms with Crippen molar-refractivity contribution in [3.63, 3.8) is 0 Å². The number of rotatable bonds is 2. The molecule has 1 heterocycles. The smallest absolute Gasteiger partial charge is 0.316 e. The molecule has 0 aliphatic heterocycles. The summed E-state index contributed by atoms with van der Waals surface area (Å²) in [6.07, 6.45) is 3.31. The SMILES string of the molecule is Nc1ccc2nc(S(=O)(=O)C3CCCC3)oc2c1. The monoisotopic (exact) mass is 266 g/mol. The van der Waals surface area contributed by atoms with Gasteiger partial charge in [0.2, 0.25) is 9.84 Å². The predicted molar refractivity (Wildman–Crippen MR) is 67.9 cm³/mol. The van der Waals surface area contributed by atoms with E-state index in [0.717, 1.165) is 12.8 Å². The molecular formula is C12H14N2O3S. The quantitative estimate of drug-likeness (QED) is 0.841. The lowest BCUT2D eigenvalue weighted by atomic mass is 10.3. The van der Waals surface area contributed by atoms with E-state index in [2.05, 4.69) is 4.98 Å². The highest BCUT2D eigenvalue weighted by molar-refractivity contribution is 7.91. The summed E-state index contributed by atoms with van der Waals surface area (Å²) in [5, 5.41) is -0.516. The van der Waals surface area contributed by atoms with Crippen LogP contribution in [0, 0.1) is 0 Å². The van der Waals surface area contributed by atoms with Crippen LogP contribution in [0.25, 0.3) is 11.1 Å². The zero-order valence-corrected chi connectivity index (χ0v) is 10.6. The van der Waals surface area contributed by atoms with E-state index in [1.54, 1.807) is 18.2 Å². The first kappa shape index (κ1) is 11.5. The van der Waals surface area contributed by atoms with Crippen LogP contribution < -0.4 is 5.73 Å². The van der Waals surface area contributed by atoms with E-state index in [1.165, 1.54) is 0 Å². The van der Waals surface area contributed by atoms with Gasteiger partial charge in [-0.2, -0.15) is 4.98 Å². The second-order valence-electron chi connectivity index (χ2n) is 4.66. The largest absolute Gasteiger partial charge is 0.428 e. The molecule has 0 spiro atoms. The molecule has 2 aromatic rings. The zero-order chi connectivity index (χ0) is 12.8. The first-order valence-electron chi connectivity index (χ1n) is 5.97. The van der Waals surface area contributed by atoms with Gasteiger partial charge >= 0.3 is 5.22 Å². The molecule has 1 aromatic heterocycles. The first-order valence-corrected chi connectivity index (χ1v) is 7.52. The molecule has 0 bridgehead atoms. The van der Waals surface area contributed by atoms with Gasteiger partial charge in [-0.15, -0.1) is 0 Å². The van der Waals surface area contributed by atoms with Crippen molar-refractivity contribution >= 4 is 26.6 Å². The van der Waals surface area contributed by atoms with Crippen LogP contribution in [0.3, 0.4) is 0 Å². The number of hydrogen-bond acceptors (Lipinski definition) is 5. The van der Waals surface area contributed by atoms with Crippen molar-refractivity contribution in [2.75, 3.05) is 5.73 Å². The highest BCUT2D eigenvalue weighted by atomic mass is 32.2. The maximum Gasteiger partial charge on any atom is 0.316 e. The van der Waals surface area contributed by atoms with Gasteiger partial charge in [-0.3, -0.25) is 0 Å². The third kappa shape index (κ3) is 1.77. The lowest BCUT2D eigenvalue weighted by Crippen LogP contribution is -2.17.